The van der Waals surface area contributed by atoms with E-state index in [4.69, 9.17) is 4.42 Å². The molecule has 130 valence electrons. The molecule has 3 heterocycles. The predicted molar refractivity (Wildman–Crippen MR) is 92.0 cm³/mol. The number of hydrogen-bond acceptors (Lipinski definition) is 5. The molecule has 0 atom stereocenters. The van der Waals surface area contributed by atoms with E-state index in [0.717, 1.165) is 0 Å². The second-order valence-electron chi connectivity index (χ2n) is 5.06. The average molecular weight is 407 g/mol. The monoisotopic (exact) mass is 406 g/mol. The zero-order valence-electron chi connectivity index (χ0n) is 13.2. The van der Waals surface area contributed by atoms with Crippen LogP contribution >= 0.6 is 15.9 Å². The zero-order chi connectivity index (χ0) is 17.8. The maximum Gasteiger partial charge on any atom is 0.274 e. The molecule has 0 saturated heterocycles. The zero-order valence-corrected chi connectivity index (χ0v) is 14.8. The van der Waals surface area contributed by atoms with Gasteiger partial charge in [0.25, 0.3) is 11.8 Å². The smallest absolute Gasteiger partial charge is 0.274 e. The Morgan fingerprint density at radius 3 is 2.88 bits per heavy atom. The minimum Gasteiger partial charge on any atom is -0.467 e. The number of halogens is 1. The quantitative estimate of drug-likeness (QED) is 0.579. The van der Waals surface area contributed by atoms with Crippen LogP contribution in [0.25, 0.3) is 0 Å². The number of aryl methyl sites for hydroxylation is 1. The van der Waals surface area contributed by atoms with E-state index in [1.807, 2.05) is 6.92 Å². The number of carbonyl (C=O) groups is 2. The molecule has 0 aliphatic carbocycles. The number of H-pyrrole nitrogens is 1. The fourth-order valence-corrected chi connectivity index (χ4v) is 2.49. The number of aromatic amines is 1. The summed E-state index contributed by atoms with van der Waals surface area (Å²) in [6, 6.07) is 3.49. The third-order valence-corrected chi connectivity index (χ3v) is 3.97. The first-order valence-electron chi connectivity index (χ1n) is 7.46. The van der Waals surface area contributed by atoms with Crippen molar-refractivity contribution in [1.82, 2.24) is 25.3 Å². The summed E-state index contributed by atoms with van der Waals surface area (Å²) < 4.78 is 7.27. The molecule has 0 bridgehead atoms. The van der Waals surface area contributed by atoms with Gasteiger partial charge in [-0.15, -0.1) is 0 Å². The van der Waals surface area contributed by atoms with Crippen LogP contribution in [0.1, 0.15) is 33.7 Å². The highest BCUT2D eigenvalue weighted by Crippen LogP contribution is 2.18. The lowest BCUT2D eigenvalue weighted by Crippen LogP contribution is -2.25. The topological polar surface area (TPSA) is 118 Å². The molecule has 0 aromatic carbocycles. The Labute approximate surface area is 150 Å². The molecule has 0 unspecified atom stereocenters. The van der Waals surface area contributed by atoms with Crippen molar-refractivity contribution < 1.29 is 14.0 Å². The van der Waals surface area contributed by atoms with Crippen LogP contribution < -0.4 is 10.6 Å². The number of aromatic nitrogens is 4. The van der Waals surface area contributed by atoms with Gasteiger partial charge < -0.3 is 15.1 Å². The fourth-order valence-electron chi connectivity index (χ4n) is 2.12. The Morgan fingerprint density at radius 2 is 2.24 bits per heavy atom. The van der Waals surface area contributed by atoms with Gasteiger partial charge in [0, 0.05) is 12.7 Å². The van der Waals surface area contributed by atoms with Gasteiger partial charge in [0.15, 0.2) is 5.69 Å². The SMILES string of the molecule is CCn1cc(NC(=O)c2[nH]ncc2Br)c(C(=O)NCc2ccco2)n1. The maximum absolute atomic E-state index is 12.4. The largest absolute Gasteiger partial charge is 0.467 e. The Hall–Kier alpha value is -2.88. The van der Waals surface area contributed by atoms with E-state index in [2.05, 4.69) is 41.9 Å². The molecule has 3 aromatic heterocycles. The molecule has 0 aliphatic heterocycles. The van der Waals surface area contributed by atoms with Crippen LogP contribution in [0.3, 0.4) is 0 Å². The fraction of sp³-hybridized carbons (Fsp3) is 0.200. The molecule has 2 amide bonds. The van der Waals surface area contributed by atoms with Gasteiger partial charge in [-0.2, -0.15) is 10.2 Å². The third kappa shape index (κ3) is 3.79. The van der Waals surface area contributed by atoms with Crippen LogP contribution in [-0.4, -0.2) is 31.8 Å². The highest BCUT2D eigenvalue weighted by molar-refractivity contribution is 9.10. The van der Waals surface area contributed by atoms with Crippen molar-refractivity contribution in [2.45, 2.75) is 20.0 Å². The predicted octanol–water partition coefficient (Wildman–Crippen LogP) is 2.16. The lowest BCUT2D eigenvalue weighted by Gasteiger charge is -2.05. The van der Waals surface area contributed by atoms with E-state index in [0.29, 0.717) is 22.5 Å². The molecule has 10 heteroatoms. The van der Waals surface area contributed by atoms with E-state index >= 15 is 0 Å². The number of furan rings is 1. The summed E-state index contributed by atoms with van der Waals surface area (Å²) in [5.74, 6) is -0.224. The minimum absolute atomic E-state index is 0.123. The summed E-state index contributed by atoms with van der Waals surface area (Å²) in [7, 11) is 0. The summed E-state index contributed by atoms with van der Waals surface area (Å²) in [5, 5.41) is 16.0. The van der Waals surface area contributed by atoms with Crippen LogP contribution in [0.2, 0.25) is 0 Å². The molecule has 0 spiro atoms. The number of anilines is 1. The highest BCUT2D eigenvalue weighted by Gasteiger charge is 2.20. The maximum atomic E-state index is 12.4. The van der Waals surface area contributed by atoms with Gasteiger partial charge in [-0.3, -0.25) is 19.4 Å². The number of rotatable bonds is 6. The molecular formula is C15H15BrN6O3. The molecule has 25 heavy (non-hydrogen) atoms. The Morgan fingerprint density at radius 1 is 1.40 bits per heavy atom. The highest BCUT2D eigenvalue weighted by atomic mass is 79.9. The first kappa shape index (κ1) is 17.0. The Kier molecular flexibility index (Phi) is 4.98. The van der Waals surface area contributed by atoms with Crippen LogP contribution in [0, 0.1) is 0 Å². The standard InChI is InChI=1S/C15H15BrN6O3/c1-2-22-8-11(19-15(24)12-10(16)7-18-20-12)13(21-22)14(23)17-6-9-4-3-5-25-9/h3-5,7-8H,2,6H2,1H3,(H,17,23)(H,18,20)(H,19,24). The molecule has 0 aliphatic rings. The van der Waals surface area contributed by atoms with Crippen LogP contribution in [0.5, 0.6) is 0 Å². The lowest BCUT2D eigenvalue weighted by atomic mass is 10.3. The molecular weight excluding hydrogens is 392 g/mol. The molecule has 3 N–H and O–H groups in total. The summed E-state index contributed by atoms with van der Waals surface area (Å²) in [6.07, 6.45) is 4.60. The van der Waals surface area contributed by atoms with Crippen LogP contribution in [0.15, 0.2) is 39.7 Å². The second kappa shape index (κ2) is 7.34. The summed E-state index contributed by atoms with van der Waals surface area (Å²) >= 11 is 3.23. The van der Waals surface area contributed by atoms with Crippen LogP contribution in [0.4, 0.5) is 5.69 Å². The molecule has 3 aromatic rings. The first-order chi connectivity index (χ1) is 12.1. The van der Waals surface area contributed by atoms with Crippen molar-refractivity contribution in [3.05, 3.63) is 52.4 Å². The number of nitrogens with zero attached hydrogens (tertiary/aromatic N) is 3. The Bertz CT molecular complexity index is 883. The van der Waals surface area contributed by atoms with Crippen LogP contribution in [-0.2, 0) is 13.1 Å². The van der Waals surface area contributed by atoms with Gasteiger partial charge in [-0.05, 0) is 35.0 Å². The van der Waals surface area contributed by atoms with Gasteiger partial charge >= 0.3 is 0 Å². The summed E-state index contributed by atoms with van der Waals surface area (Å²) in [5.41, 5.74) is 0.689. The van der Waals surface area contributed by atoms with E-state index in [1.165, 1.54) is 12.5 Å². The average Bonchev–Trinajstić information content (AvgIpc) is 3.33. The summed E-state index contributed by atoms with van der Waals surface area (Å²) in [4.78, 5) is 24.7. The van der Waals surface area contributed by atoms with Crippen molar-refractivity contribution in [3.8, 4) is 0 Å². The van der Waals surface area contributed by atoms with E-state index in [1.54, 1.807) is 23.0 Å². The Balaban J connectivity index is 1.77. The van der Waals surface area contributed by atoms with Gasteiger partial charge in [0.2, 0.25) is 0 Å². The van der Waals surface area contributed by atoms with Crippen molar-refractivity contribution in [3.63, 3.8) is 0 Å². The van der Waals surface area contributed by atoms with Crippen molar-refractivity contribution >= 4 is 33.4 Å². The number of carbonyl (C=O) groups excluding carboxylic acids is 2. The normalized spacial score (nSPS) is 10.6. The minimum atomic E-state index is -0.430. The third-order valence-electron chi connectivity index (χ3n) is 3.37. The molecule has 9 nitrogen and oxygen atoms in total. The molecule has 0 fully saturated rings. The number of hydrogen-bond donors (Lipinski definition) is 3. The molecule has 0 saturated carbocycles. The van der Waals surface area contributed by atoms with Crippen molar-refractivity contribution in [2.75, 3.05) is 5.32 Å². The second-order valence-corrected chi connectivity index (χ2v) is 5.91. The van der Waals surface area contributed by atoms with E-state index in [9.17, 15) is 9.59 Å². The van der Waals surface area contributed by atoms with Gasteiger partial charge in [-0.1, -0.05) is 0 Å². The van der Waals surface area contributed by atoms with Crippen molar-refractivity contribution in [1.29, 1.82) is 0 Å². The summed E-state index contributed by atoms with van der Waals surface area (Å²) in [6.45, 7) is 2.67. The first-order valence-corrected chi connectivity index (χ1v) is 8.26. The van der Waals surface area contributed by atoms with Crippen molar-refractivity contribution in [2.24, 2.45) is 0 Å². The van der Waals surface area contributed by atoms with Gasteiger partial charge in [0.05, 0.1) is 29.2 Å². The number of nitrogens with one attached hydrogen (secondary N) is 3. The number of amides is 2. The molecule has 3 rings (SSSR count). The molecule has 0 radical (unpaired) electrons. The van der Waals surface area contributed by atoms with E-state index in [-0.39, 0.29) is 17.9 Å². The lowest BCUT2D eigenvalue weighted by molar-refractivity contribution is 0.0943. The van der Waals surface area contributed by atoms with E-state index < -0.39 is 11.8 Å². The van der Waals surface area contributed by atoms with Gasteiger partial charge in [0.1, 0.15) is 11.5 Å². The van der Waals surface area contributed by atoms with Gasteiger partial charge in [-0.25, -0.2) is 0 Å².